The Hall–Kier alpha value is -1.90. The molecular weight excluding hydrogens is 459 g/mol. The van der Waals surface area contributed by atoms with Gasteiger partial charge in [0.15, 0.2) is 0 Å². The van der Waals surface area contributed by atoms with Crippen LogP contribution in [0.5, 0.6) is 0 Å². The van der Waals surface area contributed by atoms with E-state index in [1.165, 1.54) is 0 Å². The van der Waals surface area contributed by atoms with Crippen molar-refractivity contribution in [1.29, 1.82) is 0 Å². The van der Waals surface area contributed by atoms with Crippen molar-refractivity contribution in [3.63, 3.8) is 0 Å². The van der Waals surface area contributed by atoms with Crippen LogP contribution < -0.4 is 5.46 Å². The number of aliphatic hydroxyl groups excluding tert-OH is 1. The zero-order chi connectivity index (χ0) is 27.0. The average Bonchev–Trinajstić information content (AvgIpc) is 3.28. The molecule has 1 aliphatic heterocycles. The maximum Gasteiger partial charge on any atom is 0.496 e. The summed E-state index contributed by atoms with van der Waals surface area (Å²) in [5.74, 6) is -0.465. The zero-order valence-electron chi connectivity index (χ0n) is 23.3. The summed E-state index contributed by atoms with van der Waals surface area (Å²) in [4.78, 5) is 26.9. The lowest BCUT2D eigenvalue weighted by molar-refractivity contribution is 0.00303. The van der Waals surface area contributed by atoms with E-state index in [1.807, 2.05) is 55.4 Å². The lowest BCUT2D eigenvalue weighted by Gasteiger charge is -2.27. The van der Waals surface area contributed by atoms with E-state index in [2.05, 4.69) is 0 Å². The molecule has 1 aromatic carbocycles. The summed E-state index contributed by atoms with van der Waals surface area (Å²) in [5.41, 5.74) is 0.861. The Morgan fingerprint density at radius 2 is 1.36 bits per heavy atom. The molecule has 0 aromatic heterocycles. The number of ether oxygens (including phenoxy) is 2. The van der Waals surface area contributed by atoms with Crippen LogP contribution in [0.1, 0.15) is 95.4 Å². The summed E-state index contributed by atoms with van der Waals surface area (Å²) < 4.78 is 24.0. The maximum atomic E-state index is 13.4. The van der Waals surface area contributed by atoms with Crippen molar-refractivity contribution in [3.05, 3.63) is 29.3 Å². The third-order valence-electron chi connectivity index (χ3n) is 6.58. The summed E-state index contributed by atoms with van der Waals surface area (Å²) in [6.07, 6.45) is 1.46. The lowest BCUT2D eigenvalue weighted by atomic mass is 9.73. The molecule has 8 heteroatoms. The first-order valence-electron chi connectivity index (χ1n) is 13.4. The van der Waals surface area contributed by atoms with Gasteiger partial charge in [-0.3, -0.25) is 0 Å². The Bertz CT molecular complexity index is 784. The molecule has 0 bridgehead atoms. The van der Waals surface area contributed by atoms with Crippen molar-refractivity contribution >= 4 is 24.5 Å². The highest BCUT2D eigenvalue weighted by Gasteiger charge is 2.40. The van der Waals surface area contributed by atoms with E-state index in [9.17, 15) is 9.59 Å². The van der Waals surface area contributed by atoms with Gasteiger partial charge >= 0.3 is 19.1 Å². The smallest absolute Gasteiger partial charge is 0.458 e. The number of rotatable bonds is 13. The predicted octanol–water partition coefficient (Wildman–Crippen LogP) is 4.63. The Labute approximate surface area is 217 Å². The van der Waals surface area contributed by atoms with Gasteiger partial charge in [0.05, 0.1) is 23.8 Å². The van der Waals surface area contributed by atoms with E-state index in [0.29, 0.717) is 18.5 Å². The molecule has 1 aromatic rings. The highest BCUT2D eigenvalue weighted by molar-refractivity contribution is 6.65. The number of carbonyl (C=O) groups excluding carboxylic acids is 2. The van der Waals surface area contributed by atoms with Crippen molar-refractivity contribution in [2.24, 2.45) is 23.7 Å². The second-order valence-corrected chi connectivity index (χ2v) is 11.1. The zero-order valence-corrected chi connectivity index (χ0v) is 23.3. The minimum absolute atomic E-state index is 0.126. The van der Waals surface area contributed by atoms with Crippen LogP contribution >= 0.6 is 0 Å². The van der Waals surface area contributed by atoms with Crippen LogP contribution in [-0.2, 0) is 18.8 Å². The Kier molecular flexibility index (Phi) is 11.9. The van der Waals surface area contributed by atoms with Crippen LogP contribution in [0.25, 0.3) is 0 Å². The number of benzene rings is 1. The highest BCUT2D eigenvalue weighted by atomic mass is 16.6. The summed E-state index contributed by atoms with van der Waals surface area (Å²) >= 11 is 0. The molecule has 1 N–H and O–H groups in total. The molecule has 0 spiro atoms. The molecule has 1 unspecified atom stereocenters. The molecule has 0 amide bonds. The van der Waals surface area contributed by atoms with E-state index in [0.717, 1.165) is 12.8 Å². The lowest BCUT2D eigenvalue weighted by Crippen LogP contribution is -2.43. The quantitative estimate of drug-likeness (QED) is 0.238. The van der Waals surface area contributed by atoms with Gasteiger partial charge in [-0.25, -0.2) is 9.59 Å². The van der Waals surface area contributed by atoms with E-state index in [1.54, 1.807) is 18.2 Å². The number of aliphatic hydroxyl groups is 1. The van der Waals surface area contributed by atoms with Crippen molar-refractivity contribution in [1.82, 2.24) is 0 Å². The largest absolute Gasteiger partial charge is 0.496 e. The first-order chi connectivity index (χ1) is 17.0. The fourth-order valence-corrected chi connectivity index (χ4v) is 4.87. The van der Waals surface area contributed by atoms with Gasteiger partial charge in [0.25, 0.3) is 0 Å². The first kappa shape index (κ1) is 30.3. The molecule has 1 saturated heterocycles. The first-order valence-corrected chi connectivity index (χ1v) is 13.4. The Balaban J connectivity index is 2.44. The van der Waals surface area contributed by atoms with Crippen molar-refractivity contribution in [3.8, 4) is 0 Å². The van der Waals surface area contributed by atoms with Crippen molar-refractivity contribution in [2.75, 3.05) is 13.2 Å². The molecule has 1 fully saturated rings. The van der Waals surface area contributed by atoms with Crippen LogP contribution in [0.2, 0.25) is 0 Å². The minimum Gasteiger partial charge on any atom is -0.458 e. The number of hydrogen-bond acceptors (Lipinski definition) is 7. The van der Waals surface area contributed by atoms with Crippen LogP contribution in [-0.4, -0.2) is 55.7 Å². The summed E-state index contributed by atoms with van der Waals surface area (Å²) in [6.45, 7) is 16.6. The van der Waals surface area contributed by atoms with E-state index < -0.39 is 19.1 Å². The molecular formula is C28H45BO7. The third kappa shape index (κ3) is 8.05. The van der Waals surface area contributed by atoms with Crippen LogP contribution in [0.4, 0.5) is 0 Å². The fourth-order valence-electron chi connectivity index (χ4n) is 4.87. The van der Waals surface area contributed by atoms with Gasteiger partial charge in [-0.1, -0.05) is 61.5 Å². The Morgan fingerprint density at radius 1 is 0.889 bits per heavy atom. The molecule has 202 valence electrons. The fraction of sp³-hybridized carbons (Fsp3) is 0.714. The van der Waals surface area contributed by atoms with Gasteiger partial charge in [0.1, 0.15) is 12.2 Å². The summed E-state index contributed by atoms with van der Waals surface area (Å²) in [7, 11) is -0.886. The average molecular weight is 504 g/mol. The van der Waals surface area contributed by atoms with Crippen LogP contribution in [0.3, 0.4) is 0 Å². The van der Waals surface area contributed by atoms with Gasteiger partial charge in [-0.15, -0.1) is 0 Å². The molecule has 1 atom stereocenters. The normalized spacial score (nSPS) is 16.3. The molecule has 36 heavy (non-hydrogen) atoms. The van der Waals surface area contributed by atoms with Gasteiger partial charge in [-0.05, 0) is 55.1 Å². The molecule has 2 rings (SSSR count). The predicted molar refractivity (Wildman–Crippen MR) is 141 cm³/mol. The maximum absolute atomic E-state index is 13.4. The molecule has 1 aliphatic rings. The molecule has 0 saturated carbocycles. The van der Waals surface area contributed by atoms with Gasteiger partial charge in [0.2, 0.25) is 0 Å². The van der Waals surface area contributed by atoms with Crippen molar-refractivity contribution in [2.45, 2.75) is 93.0 Å². The number of esters is 2. The minimum atomic E-state index is -0.886. The number of unbranched alkanes of at least 4 members (excludes halogenated alkanes) is 1. The molecule has 0 radical (unpaired) electrons. The SMILES string of the molecule is CC(C)C(OC(=O)c1cccc(C(=O)OC(C(C)C)C(C)C)c1B1OCC(CCCCO)O1)C(C)C. The van der Waals surface area contributed by atoms with Gasteiger partial charge in [-0.2, -0.15) is 0 Å². The monoisotopic (exact) mass is 504 g/mol. The molecule has 7 nitrogen and oxygen atoms in total. The van der Waals surface area contributed by atoms with E-state index in [-0.39, 0.29) is 59.7 Å². The highest BCUT2D eigenvalue weighted by Crippen LogP contribution is 2.23. The second kappa shape index (κ2) is 14.2. The van der Waals surface area contributed by atoms with Crippen LogP contribution in [0.15, 0.2) is 18.2 Å². The summed E-state index contributed by atoms with van der Waals surface area (Å²) in [5, 5.41) is 9.09. The van der Waals surface area contributed by atoms with Crippen LogP contribution in [0, 0.1) is 23.7 Å². The second-order valence-electron chi connectivity index (χ2n) is 11.1. The number of carbonyl (C=O) groups is 2. The van der Waals surface area contributed by atoms with E-state index >= 15 is 0 Å². The van der Waals surface area contributed by atoms with Gasteiger partial charge in [0, 0.05) is 12.1 Å². The topological polar surface area (TPSA) is 91.3 Å². The third-order valence-corrected chi connectivity index (χ3v) is 6.58. The van der Waals surface area contributed by atoms with E-state index in [4.69, 9.17) is 23.9 Å². The molecule has 1 heterocycles. The number of hydrogen-bond donors (Lipinski definition) is 1. The summed E-state index contributed by atoms with van der Waals surface area (Å²) in [6, 6.07) is 4.98. The van der Waals surface area contributed by atoms with Gasteiger partial charge < -0.3 is 23.9 Å². The Morgan fingerprint density at radius 3 is 1.78 bits per heavy atom. The standard InChI is InChI=1S/C28H45BO7/c1-17(2)25(18(3)4)34-27(31)22-13-11-14-23(28(32)35-26(19(5)6)20(7)8)24(22)29-33-16-21(36-29)12-9-10-15-30/h11,13-14,17-21,25-26,30H,9-10,12,15-16H2,1-8H3. The molecule has 0 aliphatic carbocycles. The van der Waals surface area contributed by atoms with Crippen molar-refractivity contribution < 1.29 is 33.5 Å².